The molecule has 0 spiro atoms. The van der Waals surface area contributed by atoms with Gasteiger partial charge in [-0.15, -0.1) is 0 Å². The van der Waals surface area contributed by atoms with E-state index in [4.69, 9.17) is 17.3 Å². The van der Waals surface area contributed by atoms with Crippen LogP contribution in [0.5, 0.6) is 0 Å². The lowest BCUT2D eigenvalue weighted by Crippen LogP contribution is -2.15. The van der Waals surface area contributed by atoms with Crippen LogP contribution in [-0.2, 0) is 15.8 Å². The number of sulfonamides is 1. The van der Waals surface area contributed by atoms with E-state index in [0.29, 0.717) is 11.3 Å². The average Bonchev–Trinajstić information content (AvgIpc) is 2.33. The highest BCUT2D eigenvalue weighted by Crippen LogP contribution is 2.20. The molecule has 2 rings (SSSR count). The molecule has 4 nitrogen and oxygen atoms in total. The molecule has 2 aromatic carbocycles. The lowest BCUT2D eigenvalue weighted by atomic mass is 10.2. The number of hydrogen-bond acceptors (Lipinski definition) is 3. The van der Waals surface area contributed by atoms with Crippen LogP contribution in [0.25, 0.3) is 0 Å². The predicted molar refractivity (Wildman–Crippen MR) is 78.5 cm³/mol. The van der Waals surface area contributed by atoms with Gasteiger partial charge in [0.15, 0.2) is 0 Å². The summed E-state index contributed by atoms with van der Waals surface area (Å²) >= 11 is 5.53. The molecule has 0 heterocycles. The molecule has 0 saturated carbocycles. The van der Waals surface area contributed by atoms with Gasteiger partial charge in [-0.3, -0.25) is 4.72 Å². The average molecular weight is 315 g/mol. The van der Waals surface area contributed by atoms with E-state index in [1.54, 1.807) is 24.3 Å². The Hall–Kier alpha value is -1.79. The van der Waals surface area contributed by atoms with Crippen molar-refractivity contribution < 1.29 is 12.8 Å². The molecule has 0 unspecified atom stereocenters. The quantitative estimate of drug-likeness (QED) is 0.852. The summed E-state index contributed by atoms with van der Waals surface area (Å²) in [5.41, 5.74) is 6.74. The largest absolute Gasteiger partial charge is 0.399 e. The molecule has 0 aliphatic heterocycles. The minimum Gasteiger partial charge on any atom is -0.399 e. The maximum Gasteiger partial charge on any atom is 0.236 e. The Labute approximate surface area is 121 Å². The summed E-state index contributed by atoms with van der Waals surface area (Å²) in [4.78, 5) is 0. The van der Waals surface area contributed by atoms with E-state index in [-0.39, 0.29) is 16.5 Å². The summed E-state index contributed by atoms with van der Waals surface area (Å²) in [5, 5.41) is -0.0659. The number of halogens is 2. The molecule has 0 aliphatic rings. The van der Waals surface area contributed by atoms with Crippen molar-refractivity contribution in [2.24, 2.45) is 0 Å². The highest BCUT2D eigenvalue weighted by atomic mass is 35.5. The van der Waals surface area contributed by atoms with E-state index in [1.165, 1.54) is 12.1 Å². The van der Waals surface area contributed by atoms with Gasteiger partial charge in [0.1, 0.15) is 5.82 Å². The fraction of sp³-hybridized carbons (Fsp3) is 0.0769. The van der Waals surface area contributed by atoms with Gasteiger partial charge < -0.3 is 5.73 Å². The Kier molecular flexibility index (Phi) is 4.15. The van der Waals surface area contributed by atoms with Crippen LogP contribution in [-0.4, -0.2) is 8.42 Å². The molecule has 106 valence electrons. The monoisotopic (exact) mass is 314 g/mol. The predicted octanol–water partition coefficient (Wildman–Crippen LogP) is 3.00. The first-order valence-electron chi connectivity index (χ1n) is 5.66. The number of rotatable bonds is 4. The maximum atomic E-state index is 13.3. The number of nitrogens with two attached hydrogens (primary N) is 1. The highest BCUT2D eigenvalue weighted by molar-refractivity contribution is 7.91. The van der Waals surface area contributed by atoms with Crippen LogP contribution >= 0.6 is 11.6 Å². The zero-order chi connectivity index (χ0) is 14.8. The van der Waals surface area contributed by atoms with E-state index < -0.39 is 15.8 Å². The zero-order valence-electron chi connectivity index (χ0n) is 10.3. The first-order chi connectivity index (χ1) is 9.35. The van der Waals surface area contributed by atoms with E-state index in [9.17, 15) is 12.8 Å². The van der Waals surface area contributed by atoms with Crippen LogP contribution in [0.15, 0.2) is 42.5 Å². The van der Waals surface area contributed by atoms with Gasteiger partial charge in [0.25, 0.3) is 0 Å². The van der Waals surface area contributed by atoms with Crippen molar-refractivity contribution in [1.29, 1.82) is 0 Å². The van der Waals surface area contributed by atoms with Crippen LogP contribution in [0.3, 0.4) is 0 Å². The van der Waals surface area contributed by atoms with Gasteiger partial charge in [0, 0.05) is 5.69 Å². The van der Waals surface area contributed by atoms with Crippen molar-refractivity contribution in [2.75, 3.05) is 10.5 Å². The standard InChI is InChI=1S/C13H12ClFN2O2S/c14-12-5-4-11(7-13(12)15)17-20(18,19)8-9-2-1-3-10(16)6-9/h1-7,17H,8,16H2. The van der Waals surface area contributed by atoms with Gasteiger partial charge in [-0.25, -0.2) is 12.8 Å². The molecule has 0 bridgehead atoms. The van der Waals surface area contributed by atoms with Gasteiger partial charge in [-0.05, 0) is 35.9 Å². The molecule has 0 atom stereocenters. The van der Waals surface area contributed by atoms with Gasteiger partial charge >= 0.3 is 0 Å². The van der Waals surface area contributed by atoms with E-state index in [1.807, 2.05) is 0 Å². The Morgan fingerprint density at radius 3 is 2.60 bits per heavy atom. The van der Waals surface area contributed by atoms with Crippen molar-refractivity contribution in [1.82, 2.24) is 0 Å². The molecule has 3 N–H and O–H groups in total. The molecular formula is C13H12ClFN2O2S. The second-order valence-corrected chi connectivity index (χ2v) is 6.36. The maximum absolute atomic E-state index is 13.3. The molecule has 20 heavy (non-hydrogen) atoms. The van der Waals surface area contributed by atoms with Crippen molar-refractivity contribution in [3.63, 3.8) is 0 Å². The molecule has 7 heteroatoms. The Bertz CT molecular complexity index is 735. The van der Waals surface area contributed by atoms with Crippen LogP contribution in [0.2, 0.25) is 5.02 Å². The Morgan fingerprint density at radius 1 is 1.20 bits per heavy atom. The van der Waals surface area contributed by atoms with Crippen LogP contribution in [0, 0.1) is 5.82 Å². The number of nitrogen functional groups attached to an aromatic ring is 1. The Balaban J connectivity index is 2.17. The second-order valence-electron chi connectivity index (χ2n) is 4.24. The van der Waals surface area contributed by atoms with Crippen molar-refractivity contribution in [3.8, 4) is 0 Å². The van der Waals surface area contributed by atoms with Crippen molar-refractivity contribution in [2.45, 2.75) is 5.75 Å². The summed E-state index contributed by atoms with van der Waals surface area (Å²) in [7, 11) is -3.65. The van der Waals surface area contributed by atoms with Crippen LogP contribution < -0.4 is 10.5 Å². The lowest BCUT2D eigenvalue weighted by Gasteiger charge is -2.09. The van der Waals surface area contributed by atoms with E-state index in [0.717, 1.165) is 6.07 Å². The zero-order valence-corrected chi connectivity index (χ0v) is 11.9. The molecule has 0 radical (unpaired) electrons. The first-order valence-corrected chi connectivity index (χ1v) is 7.69. The summed E-state index contributed by atoms with van der Waals surface area (Å²) in [5.74, 6) is -0.932. The van der Waals surface area contributed by atoms with Crippen LogP contribution in [0.4, 0.5) is 15.8 Å². The minimum absolute atomic E-state index is 0.0659. The third-order valence-corrected chi connectivity index (χ3v) is 4.07. The number of hydrogen-bond donors (Lipinski definition) is 2. The molecule has 0 aromatic heterocycles. The van der Waals surface area contributed by atoms with Gasteiger partial charge in [0.2, 0.25) is 10.0 Å². The van der Waals surface area contributed by atoms with E-state index in [2.05, 4.69) is 4.72 Å². The SMILES string of the molecule is Nc1cccc(CS(=O)(=O)Nc2ccc(Cl)c(F)c2)c1. The van der Waals surface area contributed by atoms with Gasteiger partial charge in [-0.1, -0.05) is 23.7 Å². The van der Waals surface area contributed by atoms with Crippen molar-refractivity contribution in [3.05, 3.63) is 58.9 Å². The first kappa shape index (κ1) is 14.6. The van der Waals surface area contributed by atoms with E-state index >= 15 is 0 Å². The number of benzene rings is 2. The summed E-state index contributed by atoms with van der Waals surface area (Å²) in [6.45, 7) is 0. The van der Waals surface area contributed by atoms with Crippen LogP contribution in [0.1, 0.15) is 5.56 Å². The van der Waals surface area contributed by atoms with Gasteiger partial charge in [-0.2, -0.15) is 0 Å². The molecular weight excluding hydrogens is 303 g/mol. The topological polar surface area (TPSA) is 72.2 Å². The molecule has 0 amide bonds. The molecule has 0 fully saturated rings. The minimum atomic E-state index is -3.65. The number of anilines is 2. The fourth-order valence-electron chi connectivity index (χ4n) is 1.68. The summed E-state index contributed by atoms with van der Waals surface area (Å²) in [6.07, 6.45) is 0. The van der Waals surface area contributed by atoms with Gasteiger partial charge in [0.05, 0.1) is 16.5 Å². The van der Waals surface area contributed by atoms with Crippen molar-refractivity contribution >= 4 is 33.0 Å². The summed E-state index contributed by atoms with van der Waals surface area (Å²) in [6, 6.07) is 10.3. The lowest BCUT2D eigenvalue weighted by molar-refractivity contribution is 0.600. The molecule has 0 saturated heterocycles. The second kappa shape index (κ2) is 5.68. The fourth-order valence-corrected chi connectivity index (χ4v) is 2.97. The normalized spacial score (nSPS) is 11.3. The summed E-state index contributed by atoms with van der Waals surface area (Å²) < 4.78 is 39.5. The third-order valence-electron chi connectivity index (χ3n) is 2.50. The Morgan fingerprint density at radius 2 is 1.95 bits per heavy atom. The molecule has 0 aliphatic carbocycles. The third kappa shape index (κ3) is 3.85. The smallest absolute Gasteiger partial charge is 0.236 e. The number of nitrogens with one attached hydrogen (secondary N) is 1. The highest BCUT2D eigenvalue weighted by Gasteiger charge is 2.13. The molecule has 2 aromatic rings.